The van der Waals surface area contributed by atoms with Crippen LogP contribution in [0.4, 0.5) is 0 Å². The molecule has 0 aliphatic carbocycles. The van der Waals surface area contributed by atoms with E-state index in [-0.39, 0.29) is 0 Å². The summed E-state index contributed by atoms with van der Waals surface area (Å²) in [6.07, 6.45) is 0.867. The van der Waals surface area contributed by atoms with Crippen LogP contribution >= 0.6 is 0 Å². The van der Waals surface area contributed by atoms with Crippen LogP contribution in [0.25, 0.3) is 0 Å². The van der Waals surface area contributed by atoms with E-state index in [1.54, 1.807) is 0 Å². The average molecular weight is 248 g/mol. The number of aryl methyl sites for hydroxylation is 1. The van der Waals surface area contributed by atoms with E-state index < -0.39 is 12.0 Å². The van der Waals surface area contributed by atoms with Crippen LogP contribution in [0, 0.1) is 0 Å². The number of hydrogen-bond acceptors (Lipinski definition) is 3. The van der Waals surface area contributed by atoms with Gasteiger partial charge in [0.25, 0.3) is 0 Å². The number of nitrogens with zero attached hydrogens (tertiary/aromatic N) is 1. The Kier molecular flexibility index (Phi) is 4.33. The van der Waals surface area contributed by atoms with Crippen molar-refractivity contribution < 1.29 is 9.90 Å². The van der Waals surface area contributed by atoms with Crippen LogP contribution in [-0.2, 0) is 11.2 Å². The number of hydrogen-bond donors (Lipinski definition) is 2. The predicted octanol–water partition coefficient (Wildman–Crippen LogP) is 1.28. The van der Waals surface area contributed by atoms with Gasteiger partial charge in [-0.25, -0.2) is 0 Å². The lowest BCUT2D eigenvalue weighted by Crippen LogP contribution is -2.47. The van der Waals surface area contributed by atoms with E-state index in [0.717, 1.165) is 43.7 Å². The largest absolute Gasteiger partial charge is 0.480 e. The fourth-order valence-corrected chi connectivity index (χ4v) is 2.55. The predicted molar refractivity (Wildman–Crippen MR) is 70.6 cm³/mol. The molecule has 1 aliphatic heterocycles. The number of carboxylic acid groups (broad SMARTS) is 1. The normalized spacial score (nSPS) is 18.5. The first kappa shape index (κ1) is 13.1. The molecular formula is C14H20N2O2. The molecule has 1 fully saturated rings. The lowest BCUT2D eigenvalue weighted by Gasteiger charge is -2.33. The lowest BCUT2D eigenvalue weighted by atomic mass is 9.97. The van der Waals surface area contributed by atoms with Crippen molar-refractivity contribution in [1.29, 1.82) is 0 Å². The summed E-state index contributed by atoms with van der Waals surface area (Å²) in [6.45, 7) is 5.36. The highest BCUT2D eigenvalue weighted by Crippen LogP contribution is 2.25. The van der Waals surface area contributed by atoms with E-state index in [0.29, 0.717) is 0 Å². The van der Waals surface area contributed by atoms with Gasteiger partial charge in [-0.15, -0.1) is 0 Å². The summed E-state index contributed by atoms with van der Waals surface area (Å²) in [7, 11) is 0. The van der Waals surface area contributed by atoms with Crippen molar-refractivity contribution in [1.82, 2.24) is 10.2 Å². The molecule has 1 aliphatic rings. The molecule has 2 rings (SSSR count). The van der Waals surface area contributed by atoms with Gasteiger partial charge in [-0.1, -0.05) is 31.2 Å². The number of carbonyl (C=O) groups is 1. The van der Waals surface area contributed by atoms with Crippen LogP contribution in [-0.4, -0.2) is 42.2 Å². The summed E-state index contributed by atoms with van der Waals surface area (Å²) in [5.74, 6) is -0.752. The van der Waals surface area contributed by atoms with Crippen molar-refractivity contribution >= 4 is 5.97 Å². The van der Waals surface area contributed by atoms with Gasteiger partial charge in [0, 0.05) is 26.2 Å². The van der Waals surface area contributed by atoms with Crippen molar-refractivity contribution in [2.45, 2.75) is 19.4 Å². The van der Waals surface area contributed by atoms with Crippen LogP contribution in [0.5, 0.6) is 0 Å². The summed E-state index contributed by atoms with van der Waals surface area (Å²) < 4.78 is 0. The highest BCUT2D eigenvalue weighted by atomic mass is 16.4. The Balaban J connectivity index is 2.31. The molecule has 4 nitrogen and oxygen atoms in total. The SMILES string of the molecule is CCc1ccccc1C(C(=O)O)N1CCNCC1. The third-order valence-corrected chi connectivity index (χ3v) is 3.48. The smallest absolute Gasteiger partial charge is 0.325 e. The molecule has 1 atom stereocenters. The van der Waals surface area contributed by atoms with Gasteiger partial charge in [-0.05, 0) is 17.5 Å². The maximum Gasteiger partial charge on any atom is 0.325 e. The Labute approximate surface area is 108 Å². The number of nitrogens with one attached hydrogen (secondary N) is 1. The van der Waals surface area contributed by atoms with Gasteiger partial charge >= 0.3 is 5.97 Å². The van der Waals surface area contributed by atoms with Gasteiger partial charge < -0.3 is 10.4 Å². The van der Waals surface area contributed by atoms with Gasteiger partial charge in [-0.2, -0.15) is 0 Å². The Hall–Kier alpha value is -1.39. The fourth-order valence-electron chi connectivity index (χ4n) is 2.55. The minimum absolute atomic E-state index is 0.511. The monoisotopic (exact) mass is 248 g/mol. The molecule has 1 saturated heterocycles. The lowest BCUT2D eigenvalue weighted by molar-refractivity contribution is -0.143. The van der Waals surface area contributed by atoms with Crippen LogP contribution < -0.4 is 5.32 Å². The third kappa shape index (κ3) is 2.71. The first-order valence-electron chi connectivity index (χ1n) is 6.49. The Morgan fingerprint density at radius 2 is 2.06 bits per heavy atom. The standard InChI is InChI=1S/C14H20N2O2/c1-2-11-5-3-4-6-12(11)13(14(17)18)16-9-7-15-8-10-16/h3-6,13,15H,2,7-10H2,1H3,(H,17,18). The van der Waals surface area contributed by atoms with E-state index in [1.165, 1.54) is 0 Å². The summed E-state index contributed by atoms with van der Waals surface area (Å²) in [4.78, 5) is 13.7. The van der Waals surface area contributed by atoms with E-state index in [1.807, 2.05) is 29.2 Å². The molecule has 1 unspecified atom stereocenters. The van der Waals surface area contributed by atoms with Crippen LogP contribution in [0.15, 0.2) is 24.3 Å². The molecule has 98 valence electrons. The second-order valence-corrected chi connectivity index (χ2v) is 4.58. The van der Waals surface area contributed by atoms with E-state index >= 15 is 0 Å². The summed E-state index contributed by atoms with van der Waals surface area (Å²) in [5.41, 5.74) is 2.07. The summed E-state index contributed by atoms with van der Waals surface area (Å²) in [5, 5.41) is 12.8. The number of benzene rings is 1. The van der Waals surface area contributed by atoms with Gasteiger partial charge in [0.2, 0.25) is 0 Å². The Morgan fingerprint density at radius 3 is 2.67 bits per heavy atom. The molecule has 0 spiro atoms. The number of carboxylic acids is 1. The topological polar surface area (TPSA) is 52.6 Å². The average Bonchev–Trinajstić information content (AvgIpc) is 2.40. The number of piperazine rings is 1. The van der Waals surface area contributed by atoms with E-state index in [9.17, 15) is 9.90 Å². The first-order chi connectivity index (χ1) is 8.74. The van der Waals surface area contributed by atoms with Crippen molar-refractivity contribution in [3.05, 3.63) is 35.4 Å². The molecule has 0 bridgehead atoms. The Bertz CT molecular complexity index is 414. The van der Waals surface area contributed by atoms with Crippen molar-refractivity contribution in [3.8, 4) is 0 Å². The van der Waals surface area contributed by atoms with Crippen molar-refractivity contribution in [2.24, 2.45) is 0 Å². The van der Waals surface area contributed by atoms with Gasteiger partial charge in [0.1, 0.15) is 6.04 Å². The van der Waals surface area contributed by atoms with Gasteiger partial charge in [-0.3, -0.25) is 9.69 Å². The molecule has 0 saturated carbocycles. The summed E-state index contributed by atoms with van der Waals surface area (Å²) in [6, 6.07) is 7.35. The quantitative estimate of drug-likeness (QED) is 0.843. The van der Waals surface area contributed by atoms with Crippen molar-refractivity contribution in [2.75, 3.05) is 26.2 Å². The summed E-state index contributed by atoms with van der Waals surface area (Å²) >= 11 is 0. The van der Waals surface area contributed by atoms with Crippen LogP contribution in [0.1, 0.15) is 24.1 Å². The van der Waals surface area contributed by atoms with E-state index in [2.05, 4.69) is 12.2 Å². The zero-order valence-corrected chi connectivity index (χ0v) is 10.7. The fraction of sp³-hybridized carbons (Fsp3) is 0.500. The maximum absolute atomic E-state index is 11.6. The first-order valence-corrected chi connectivity index (χ1v) is 6.49. The zero-order valence-electron chi connectivity index (χ0n) is 10.7. The van der Waals surface area contributed by atoms with E-state index in [4.69, 9.17) is 0 Å². The van der Waals surface area contributed by atoms with Gasteiger partial charge in [0.15, 0.2) is 0 Å². The molecular weight excluding hydrogens is 228 g/mol. The molecule has 0 radical (unpaired) electrons. The molecule has 0 amide bonds. The van der Waals surface area contributed by atoms with Crippen molar-refractivity contribution in [3.63, 3.8) is 0 Å². The molecule has 1 aromatic rings. The highest BCUT2D eigenvalue weighted by Gasteiger charge is 2.29. The number of aliphatic carboxylic acids is 1. The number of rotatable bonds is 4. The molecule has 4 heteroatoms. The minimum Gasteiger partial charge on any atom is -0.480 e. The minimum atomic E-state index is -0.752. The molecule has 1 aromatic carbocycles. The molecule has 18 heavy (non-hydrogen) atoms. The van der Waals surface area contributed by atoms with Crippen LogP contribution in [0.3, 0.4) is 0 Å². The zero-order chi connectivity index (χ0) is 13.0. The molecule has 0 aromatic heterocycles. The molecule has 2 N–H and O–H groups in total. The maximum atomic E-state index is 11.6. The third-order valence-electron chi connectivity index (χ3n) is 3.48. The van der Waals surface area contributed by atoms with Gasteiger partial charge in [0.05, 0.1) is 0 Å². The second-order valence-electron chi connectivity index (χ2n) is 4.58. The Morgan fingerprint density at radius 1 is 1.39 bits per heavy atom. The highest BCUT2D eigenvalue weighted by molar-refractivity contribution is 5.76. The van der Waals surface area contributed by atoms with Crippen LogP contribution in [0.2, 0.25) is 0 Å². The second kappa shape index (κ2) is 5.98. The molecule has 1 heterocycles.